The number of aryl methyl sites for hydroxylation is 2. The van der Waals surface area contributed by atoms with Crippen molar-refractivity contribution in [1.29, 1.82) is 0 Å². The van der Waals surface area contributed by atoms with Crippen LogP contribution in [0.3, 0.4) is 0 Å². The van der Waals surface area contributed by atoms with Gasteiger partial charge in [-0.25, -0.2) is 0 Å². The van der Waals surface area contributed by atoms with E-state index in [-0.39, 0.29) is 11.8 Å². The maximum atomic E-state index is 12.5. The quantitative estimate of drug-likeness (QED) is 0.764. The largest absolute Gasteiger partial charge is 0.341 e. The Kier molecular flexibility index (Phi) is 6.41. The van der Waals surface area contributed by atoms with Gasteiger partial charge in [0, 0.05) is 51.4 Å². The van der Waals surface area contributed by atoms with Crippen LogP contribution in [0.25, 0.3) is 6.08 Å². The predicted molar refractivity (Wildman–Crippen MR) is 105 cm³/mol. The highest BCUT2D eigenvalue weighted by Crippen LogP contribution is 2.08. The number of aromatic nitrogens is 2. The van der Waals surface area contributed by atoms with Crippen LogP contribution < -0.4 is 0 Å². The number of hydrogen-bond donors (Lipinski definition) is 0. The molecule has 0 N–H and O–H groups in total. The summed E-state index contributed by atoms with van der Waals surface area (Å²) in [5, 5.41) is 4.22. The highest BCUT2D eigenvalue weighted by molar-refractivity contribution is 5.91. The fraction of sp³-hybridized carbons (Fsp3) is 0.381. The van der Waals surface area contributed by atoms with Gasteiger partial charge in [0.2, 0.25) is 11.8 Å². The first kappa shape index (κ1) is 18.9. The molecule has 0 aliphatic carbocycles. The van der Waals surface area contributed by atoms with E-state index in [9.17, 15) is 9.59 Å². The number of carbonyl (C=O) groups excluding carboxylic acids is 2. The molecule has 1 aliphatic rings. The second kappa shape index (κ2) is 9.16. The molecular formula is C21H26N4O2. The van der Waals surface area contributed by atoms with Crippen LogP contribution in [0.5, 0.6) is 0 Å². The first-order chi connectivity index (χ1) is 13.1. The lowest BCUT2D eigenvalue weighted by molar-refractivity contribution is -0.132. The summed E-state index contributed by atoms with van der Waals surface area (Å²) in [5.74, 6) is 0.123. The van der Waals surface area contributed by atoms with Crippen LogP contribution >= 0.6 is 0 Å². The molecule has 0 saturated carbocycles. The van der Waals surface area contributed by atoms with Gasteiger partial charge in [0.1, 0.15) is 0 Å². The Hall–Kier alpha value is -2.89. The number of rotatable bonds is 5. The topological polar surface area (TPSA) is 58.4 Å². The lowest BCUT2D eigenvalue weighted by Crippen LogP contribution is -2.37. The molecule has 0 bridgehead atoms. The van der Waals surface area contributed by atoms with E-state index in [4.69, 9.17) is 0 Å². The van der Waals surface area contributed by atoms with Crippen molar-refractivity contribution in [1.82, 2.24) is 19.6 Å². The van der Waals surface area contributed by atoms with E-state index in [0.717, 1.165) is 17.5 Å². The molecule has 2 aromatic rings. The maximum Gasteiger partial charge on any atom is 0.246 e. The molecule has 3 rings (SSSR count). The molecule has 2 heterocycles. The molecule has 142 valence electrons. The molecule has 1 aromatic heterocycles. The molecule has 6 heteroatoms. The van der Waals surface area contributed by atoms with Crippen molar-refractivity contribution in [3.05, 3.63) is 59.9 Å². The zero-order chi connectivity index (χ0) is 19.1. The van der Waals surface area contributed by atoms with Crippen molar-refractivity contribution in [3.63, 3.8) is 0 Å². The fourth-order valence-electron chi connectivity index (χ4n) is 3.18. The van der Waals surface area contributed by atoms with E-state index >= 15 is 0 Å². The molecule has 0 unspecified atom stereocenters. The Morgan fingerprint density at radius 3 is 2.56 bits per heavy atom. The third-order valence-corrected chi connectivity index (χ3v) is 4.70. The fourth-order valence-corrected chi connectivity index (χ4v) is 3.18. The summed E-state index contributed by atoms with van der Waals surface area (Å²) in [6.07, 6.45) is 8.42. The van der Waals surface area contributed by atoms with E-state index in [0.29, 0.717) is 39.1 Å². The zero-order valence-electron chi connectivity index (χ0n) is 15.8. The summed E-state index contributed by atoms with van der Waals surface area (Å²) < 4.78 is 1.80. The second-order valence-electron chi connectivity index (χ2n) is 6.83. The molecule has 0 atom stereocenters. The van der Waals surface area contributed by atoms with Crippen molar-refractivity contribution in [3.8, 4) is 0 Å². The van der Waals surface area contributed by atoms with Gasteiger partial charge in [-0.2, -0.15) is 5.10 Å². The minimum atomic E-state index is 0.000156. The average molecular weight is 366 g/mol. The number of nitrogens with zero attached hydrogens (tertiary/aromatic N) is 4. The van der Waals surface area contributed by atoms with Crippen molar-refractivity contribution < 1.29 is 9.59 Å². The van der Waals surface area contributed by atoms with Gasteiger partial charge in [-0.3, -0.25) is 14.3 Å². The standard InChI is InChI=1S/C21H26N4O2/c1-18-16-22-25(17-18)13-10-21(27)24-12-5-11-23(14-15-24)20(26)9-8-19-6-3-2-4-7-19/h2-4,6-9,16-17H,5,10-15H2,1H3. The van der Waals surface area contributed by atoms with Crippen LogP contribution in [-0.2, 0) is 16.1 Å². The second-order valence-corrected chi connectivity index (χ2v) is 6.83. The summed E-state index contributed by atoms with van der Waals surface area (Å²) in [5.41, 5.74) is 2.10. The average Bonchev–Trinajstić information content (AvgIpc) is 2.95. The smallest absolute Gasteiger partial charge is 0.246 e. The summed E-state index contributed by atoms with van der Waals surface area (Å²) in [7, 11) is 0. The molecule has 0 radical (unpaired) electrons. The predicted octanol–water partition coefficient (Wildman–Crippen LogP) is 2.36. The molecule has 0 spiro atoms. The molecular weight excluding hydrogens is 340 g/mol. The van der Waals surface area contributed by atoms with Crippen molar-refractivity contribution in [2.75, 3.05) is 26.2 Å². The van der Waals surface area contributed by atoms with Gasteiger partial charge in [-0.1, -0.05) is 30.3 Å². The van der Waals surface area contributed by atoms with Crippen LogP contribution in [0.15, 0.2) is 48.8 Å². The molecule has 6 nitrogen and oxygen atoms in total. The Labute approximate surface area is 160 Å². The monoisotopic (exact) mass is 366 g/mol. The Balaban J connectivity index is 1.48. The van der Waals surface area contributed by atoms with Crippen LogP contribution in [0.2, 0.25) is 0 Å². The lowest BCUT2D eigenvalue weighted by atomic mass is 10.2. The summed E-state index contributed by atoms with van der Waals surface area (Å²) in [6, 6.07) is 9.78. The van der Waals surface area contributed by atoms with E-state index in [1.54, 1.807) is 17.0 Å². The lowest BCUT2D eigenvalue weighted by Gasteiger charge is -2.21. The summed E-state index contributed by atoms with van der Waals surface area (Å²) in [4.78, 5) is 28.6. The molecule has 1 aromatic carbocycles. The maximum absolute atomic E-state index is 12.5. The highest BCUT2D eigenvalue weighted by atomic mass is 16.2. The molecule has 1 fully saturated rings. The number of carbonyl (C=O) groups is 2. The van der Waals surface area contributed by atoms with Crippen molar-refractivity contribution in [2.24, 2.45) is 0 Å². The Morgan fingerprint density at radius 1 is 1.07 bits per heavy atom. The summed E-state index contributed by atoms with van der Waals surface area (Å²) >= 11 is 0. The summed E-state index contributed by atoms with van der Waals surface area (Å²) in [6.45, 7) is 5.11. The number of amides is 2. The van der Waals surface area contributed by atoms with Gasteiger partial charge >= 0.3 is 0 Å². The number of hydrogen-bond acceptors (Lipinski definition) is 3. The van der Waals surface area contributed by atoms with E-state index < -0.39 is 0 Å². The van der Waals surface area contributed by atoms with Gasteiger partial charge < -0.3 is 9.80 Å². The highest BCUT2D eigenvalue weighted by Gasteiger charge is 2.20. The van der Waals surface area contributed by atoms with Crippen LogP contribution in [0, 0.1) is 6.92 Å². The Bertz CT molecular complexity index is 798. The van der Waals surface area contributed by atoms with Crippen molar-refractivity contribution in [2.45, 2.75) is 26.3 Å². The minimum absolute atomic E-state index is 0.000156. The Morgan fingerprint density at radius 2 is 1.81 bits per heavy atom. The molecule has 1 saturated heterocycles. The van der Waals surface area contributed by atoms with Crippen molar-refractivity contribution >= 4 is 17.9 Å². The molecule has 2 amide bonds. The van der Waals surface area contributed by atoms with E-state index in [1.165, 1.54) is 0 Å². The van der Waals surface area contributed by atoms with E-state index in [2.05, 4.69) is 5.10 Å². The van der Waals surface area contributed by atoms with Crippen LogP contribution in [0.1, 0.15) is 24.0 Å². The van der Waals surface area contributed by atoms with E-state index in [1.807, 2.05) is 59.3 Å². The molecule has 1 aliphatic heterocycles. The number of benzene rings is 1. The third-order valence-electron chi connectivity index (χ3n) is 4.70. The van der Waals surface area contributed by atoms with Gasteiger partial charge in [-0.15, -0.1) is 0 Å². The first-order valence-electron chi connectivity index (χ1n) is 9.41. The SMILES string of the molecule is Cc1cnn(CCC(=O)N2CCCN(C(=O)C=Cc3ccccc3)CC2)c1. The van der Waals surface area contributed by atoms with Crippen LogP contribution in [-0.4, -0.2) is 57.6 Å². The van der Waals surface area contributed by atoms with Gasteiger partial charge in [0.05, 0.1) is 6.20 Å². The van der Waals surface area contributed by atoms with Gasteiger partial charge in [0.15, 0.2) is 0 Å². The third kappa shape index (κ3) is 5.54. The van der Waals surface area contributed by atoms with Crippen LogP contribution in [0.4, 0.5) is 0 Å². The first-order valence-corrected chi connectivity index (χ1v) is 9.41. The minimum Gasteiger partial charge on any atom is -0.341 e. The zero-order valence-corrected chi connectivity index (χ0v) is 15.8. The normalized spacial score (nSPS) is 15.1. The molecule has 27 heavy (non-hydrogen) atoms. The van der Waals surface area contributed by atoms with Gasteiger partial charge in [0.25, 0.3) is 0 Å². The van der Waals surface area contributed by atoms with Gasteiger partial charge in [-0.05, 0) is 30.5 Å².